The van der Waals surface area contributed by atoms with E-state index in [-0.39, 0.29) is 24.3 Å². The Morgan fingerprint density at radius 2 is 1.75 bits per heavy atom. The first-order valence-electron chi connectivity index (χ1n) is 7.53. The van der Waals surface area contributed by atoms with Gasteiger partial charge in [0.25, 0.3) is 0 Å². The van der Waals surface area contributed by atoms with Crippen molar-refractivity contribution >= 4 is 29.2 Å². The molecule has 1 heterocycles. The third-order valence-electron chi connectivity index (χ3n) is 4.14. The first-order chi connectivity index (χ1) is 11.5. The Hall–Kier alpha value is -1.62. The van der Waals surface area contributed by atoms with Crippen LogP contribution in [0.1, 0.15) is 12.0 Å². The molecule has 0 spiro atoms. The van der Waals surface area contributed by atoms with E-state index in [0.717, 1.165) is 11.1 Å². The van der Waals surface area contributed by atoms with E-state index in [1.165, 1.54) is 12.1 Å². The SMILES string of the molecule is O=C1OC(CO)C[C@H]1Cc1c(Cl)cc(-c2ccc(F)cc2)cc1Cl. The van der Waals surface area contributed by atoms with Gasteiger partial charge in [0.2, 0.25) is 0 Å². The molecule has 0 saturated carbocycles. The second-order valence-electron chi connectivity index (χ2n) is 5.80. The van der Waals surface area contributed by atoms with Gasteiger partial charge in [-0.25, -0.2) is 4.39 Å². The molecule has 0 radical (unpaired) electrons. The summed E-state index contributed by atoms with van der Waals surface area (Å²) in [4.78, 5) is 11.8. The van der Waals surface area contributed by atoms with Crippen LogP contribution >= 0.6 is 23.2 Å². The molecule has 2 aromatic rings. The fourth-order valence-corrected chi connectivity index (χ4v) is 3.50. The molecule has 1 fully saturated rings. The van der Waals surface area contributed by atoms with Crippen molar-refractivity contribution in [1.29, 1.82) is 0 Å². The zero-order chi connectivity index (χ0) is 17.3. The van der Waals surface area contributed by atoms with Crippen LogP contribution in [-0.2, 0) is 16.0 Å². The highest BCUT2D eigenvalue weighted by Gasteiger charge is 2.34. The molecule has 0 bridgehead atoms. The molecule has 1 aliphatic rings. The van der Waals surface area contributed by atoms with Gasteiger partial charge in [0.1, 0.15) is 11.9 Å². The van der Waals surface area contributed by atoms with E-state index in [0.29, 0.717) is 28.5 Å². The lowest BCUT2D eigenvalue weighted by Gasteiger charge is -2.12. The molecular formula is C18H15Cl2FO3. The number of esters is 1. The first kappa shape index (κ1) is 17.2. The van der Waals surface area contributed by atoms with Crippen LogP contribution in [0.5, 0.6) is 0 Å². The van der Waals surface area contributed by atoms with Gasteiger partial charge in [-0.1, -0.05) is 35.3 Å². The van der Waals surface area contributed by atoms with Gasteiger partial charge in [-0.15, -0.1) is 0 Å². The quantitative estimate of drug-likeness (QED) is 0.819. The molecule has 1 unspecified atom stereocenters. The van der Waals surface area contributed by atoms with Crippen molar-refractivity contribution in [3.05, 3.63) is 57.8 Å². The lowest BCUT2D eigenvalue weighted by atomic mass is 9.94. The molecule has 1 saturated heterocycles. The summed E-state index contributed by atoms with van der Waals surface area (Å²) in [6, 6.07) is 9.54. The van der Waals surface area contributed by atoms with Crippen LogP contribution in [0.25, 0.3) is 11.1 Å². The maximum Gasteiger partial charge on any atom is 0.309 e. The number of halogens is 3. The molecular weight excluding hydrogens is 354 g/mol. The molecule has 1 N–H and O–H groups in total. The summed E-state index contributed by atoms with van der Waals surface area (Å²) in [6.07, 6.45) is 0.344. The number of carbonyl (C=O) groups excluding carboxylic acids is 1. The van der Waals surface area contributed by atoms with Gasteiger partial charge in [-0.3, -0.25) is 4.79 Å². The third-order valence-corrected chi connectivity index (χ3v) is 4.81. The number of hydrogen-bond donors (Lipinski definition) is 1. The van der Waals surface area contributed by atoms with Crippen molar-refractivity contribution in [2.24, 2.45) is 5.92 Å². The molecule has 3 rings (SSSR count). The minimum absolute atomic E-state index is 0.187. The number of aliphatic hydroxyl groups is 1. The highest BCUT2D eigenvalue weighted by Crippen LogP contribution is 2.35. The highest BCUT2D eigenvalue weighted by molar-refractivity contribution is 6.36. The number of benzene rings is 2. The molecule has 126 valence electrons. The second kappa shape index (κ2) is 7.09. The Bertz CT molecular complexity index is 738. The fraction of sp³-hybridized carbons (Fsp3) is 0.278. The Balaban J connectivity index is 1.85. The summed E-state index contributed by atoms with van der Waals surface area (Å²) in [5.41, 5.74) is 2.24. The number of cyclic esters (lactones) is 1. The van der Waals surface area contributed by atoms with Crippen molar-refractivity contribution in [1.82, 2.24) is 0 Å². The zero-order valence-corrected chi connectivity index (χ0v) is 14.1. The lowest BCUT2D eigenvalue weighted by molar-refractivity contribution is -0.145. The van der Waals surface area contributed by atoms with Crippen LogP contribution in [0.3, 0.4) is 0 Å². The Kier molecular flexibility index (Phi) is 5.09. The Morgan fingerprint density at radius 1 is 1.12 bits per heavy atom. The monoisotopic (exact) mass is 368 g/mol. The summed E-state index contributed by atoms with van der Waals surface area (Å²) >= 11 is 12.7. The van der Waals surface area contributed by atoms with E-state index in [9.17, 15) is 9.18 Å². The molecule has 2 aromatic carbocycles. The summed E-state index contributed by atoms with van der Waals surface area (Å²) in [5.74, 6) is -1.02. The second-order valence-corrected chi connectivity index (χ2v) is 6.62. The van der Waals surface area contributed by atoms with Gasteiger partial charge in [-0.2, -0.15) is 0 Å². The van der Waals surface area contributed by atoms with Crippen molar-refractivity contribution in [2.45, 2.75) is 18.9 Å². The van der Waals surface area contributed by atoms with Crippen LogP contribution in [0.2, 0.25) is 10.0 Å². The molecule has 6 heteroatoms. The van der Waals surface area contributed by atoms with E-state index in [4.69, 9.17) is 33.0 Å². The van der Waals surface area contributed by atoms with Gasteiger partial charge >= 0.3 is 5.97 Å². The largest absolute Gasteiger partial charge is 0.460 e. The van der Waals surface area contributed by atoms with E-state index in [2.05, 4.69) is 0 Å². The van der Waals surface area contributed by atoms with Crippen LogP contribution in [0, 0.1) is 11.7 Å². The van der Waals surface area contributed by atoms with Crippen LogP contribution in [0.15, 0.2) is 36.4 Å². The van der Waals surface area contributed by atoms with Crippen molar-refractivity contribution in [2.75, 3.05) is 6.61 Å². The molecule has 24 heavy (non-hydrogen) atoms. The lowest BCUT2D eigenvalue weighted by Crippen LogP contribution is -2.11. The van der Waals surface area contributed by atoms with Gasteiger partial charge in [0, 0.05) is 16.5 Å². The third kappa shape index (κ3) is 3.56. The molecule has 3 nitrogen and oxygen atoms in total. The minimum Gasteiger partial charge on any atom is -0.460 e. The van der Waals surface area contributed by atoms with Crippen LogP contribution < -0.4 is 0 Å². The average Bonchev–Trinajstić information content (AvgIpc) is 2.91. The van der Waals surface area contributed by atoms with Gasteiger partial charge in [0.15, 0.2) is 0 Å². The summed E-state index contributed by atoms with van der Waals surface area (Å²) < 4.78 is 18.1. The standard InChI is InChI=1S/C18H15Cl2FO3/c19-16-7-11(10-1-3-13(21)4-2-10)8-17(20)15(16)6-12-5-14(9-22)24-18(12)23/h1-4,7-8,12,14,22H,5-6,9H2/t12-,14?/m0/s1. The normalized spacial score (nSPS) is 20.2. The Morgan fingerprint density at radius 3 is 2.29 bits per heavy atom. The molecule has 1 aliphatic heterocycles. The van der Waals surface area contributed by atoms with E-state index in [1.807, 2.05) is 0 Å². The number of carbonyl (C=O) groups is 1. The van der Waals surface area contributed by atoms with Crippen LogP contribution in [0.4, 0.5) is 4.39 Å². The van der Waals surface area contributed by atoms with E-state index in [1.54, 1.807) is 24.3 Å². The fourth-order valence-electron chi connectivity index (χ4n) is 2.85. The maximum atomic E-state index is 13.0. The number of aliphatic hydroxyl groups excluding tert-OH is 1. The van der Waals surface area contributed by atoms with E-state index >= 15 is 0 Å². The maximum absolute atomic E-state index is 13.0. The van der Waals surface area contributed by atoms with Crippen molar-refractivity contribution < 1.29 is 19.0 Å². The van der Waals surface area contributed by atoms with Gasteiger partial charge < -0.3 is 9.84 Å². The average molecular weight is 369 g/mol. The number of hydrogen-bond acceptors (Lipinski definition) is 3. The molecule has 0 aliphatic carbocycles. The first-order valence-corrected chi connectivity index (χ1v) is 8.28. The van der Waals surface area contributed by atoms with E-state index < -0.39 is 6.10 Å². The minimum atomic E-state index is -0.460. The molecule has 0 aromatic heterocycles. The van der Waals surface area contributed by atoms with Gasteiger partial charge in [-0.05, 0) is 47.4 Å². The highest BCUT2D eigenvalue weighted by atomic mass is 35.5. The number of ether oxygens (including phenoxy) is 1. The smallest absolute Gasteiger partial charge is 0.309 e. The zero-order valence-electron chi connectivity index (χ0n) is 12.6. The molecule has 0 amide bonds. The summed E-state index contributed by atoms with van der Waals surface area (Å²) in [5, 5.41) is 10.00. The van der Waals surface area contributed by atoms with Crippen LogP contribution in [-0.4, -0.2) is 23.8 Å². The van der Waals surface area contributed by atoms with Gasteiger partial charge in [0.05, 0.1) is 12.5 Å². The predicted octanol–water partition coefficient (Wildman–Crippen LogP) is 4.27. The summed E-state index contributed by atoms with van der Waals surface area (Å²) in [7, 11) is 0. The molecule has 2 atom stereocenters. The Labute approximate surface area is 149 Å². The van der Waals surface area contributed by atoms with Crippen molar-refractivity contribution in [3.63, 3.8) is 0 Å². The summed E-state index contributed by atoms with van der Waals surface area (Å²) in [6.45, 7) is -0.187. The predicted molar refractivity (Wildman–Crippen MR) is 90.6 cm³/mol. The topological polar surface area (TPSA) is 46.5 Å². The van der Waals surface area contributed by atoms with Crippen molar-refractivity contribution in [3.8, 4) is 11.1 Å². The number of rotatable bonds is 4.